The largest absolute Gasteiger partial charge is 0.324 e. The molecule has 132 valence electrons. The van der Waals surface area contributed by atoms with Gasteiger partial charge in [-0.1, -0.05) is 0 Å². The van der Waals surface area contributed by atoms with E-state index in [1.54, 1.807) is 6.20 Å². The van der Waals surface area contributed by atoms with Gasteiger partial charge in [0.2, 0.25) is 0 Å². The summed E-state index contributed by atoms with van der Waals surface area (Å²) in [7, 11) is 0. The average Bonchev–Trinajstić information content (AvgIpc) is 2.97. The molecular weight excluding hydrogens is 302 g/mol. The number of nitrogens with one attached hydrogen (secondary N) is 1. The van der Waals surface area contributed by atoms with Gasteiger partial charge >= 0.3 is 6.03 Å². The van der Waals surface area contributed by atoms with Crippen molar-refractivity contribution in [3.63, 3.8) is 0 Å². The van der Waals surface area contributed by atoms with E-state index in [0.29, 0.717) is 12.0 Å². The van der Waals surface area contributed by atoms with E-state index in [2.05, 4.69) is 22.2 Å². The van der Waals surface area contributed by atoms with Crippen molar-refractivity contribution < 1.29 is 4.79 Å². The molecule has 2 atom stereocenters. The summed E-state index contributed by atoms with van der Waals surface area (Å²) in [6.07, 6.45) is 10.1. The van der Waals surface area contributed by atoms with E-state index in [1.165, 1.54) is 38.8 Å². The molecule has 1 aromatic rings. The minimum Gasteiger partial charge on any atom is -0.324 e. The molecule has 0 radical (unpaired) electrons. The molecule has 2 amide bonds. The topological polar surface area (TPSA) is 53.4 Å². The third-order valence-corrected chi connectivity index (χ3v) is 5.86. The summed E-state index contributed by atoms with van der Waals surface area (Å²) in [6.45, 7) is 7.59. The normalized spacial score (nSPS) is 26.0. The zero-order valence-corrected chi connectivity index (χ0v) is 14.7. The number of nitrogens with zero attached hydrogens (tertiary/aromatic N) is 4. The Morgan fingerprint density at radius 2 is 2.08 bits per heavy atom. The SMILES string of the molecule is C[C@H](C1CC1)n1cc(NC(=O)N2CC[C@H](CN3CCCC3)C2)cn1. The highest BCUT2D eigenvalue weighted by molar-refractivity contribution is 5.89. The number of urea groups is 1. The number of aromatic nitrogens is 2. The van der Waals surface area contributed by atoms with E-state index in [4.69, 9.17) is 0 Å². The number of rotatable bonds is 5. The number of hydrogen-bond acceptors (Lipinski definition) is 3. The quantitative estimate of drug-likeness (QED) is 0.903. The van der Waals surface area contributed by atoms with Crippen molar-refractivity contribution in [1.29, 1.82) is 0 Å². The molecule has 2 aliphatic heterocycles. The van der Waals surface area contributed by atoms with Crippen LogP contribution in [0, 0.1) is 11.8 Å². The molecule has 3 fully saturated rings. The lowest BCUT2D eigenvalue weighted by Gasteiger charge is -2.20. The first-order valence-electron chi connectivity index (χ1n) is 9.51. The fourth-order valence-corrected chi connectivity index (χ4v) is 4.12. The zero-order chi connectivity index (χ0) is 16.5. The van der Waals surface area contributed by atoms with Crippen molar-refractivity contribution in [2.75, 3.05) is 38.0 Å². The first kappa shape index (κ1) is 15.9. The zero-order valence-electron chi connectivity index (χ0n) is 14.7. The maximum atomic E-state index is 12.5. The van der Waals surface area contributed by atoms with E-state index in [9.17, 15) is 4.79 Å². The fourth-order valence-electron chi connectivity index (χ4n) is 4.12. The van der Waals surface area contributed by atoms with Gasteiger partial charge in [-0.25, -0.2) is 4.79 Å². The number of carbonyl (C=O) groups excluding carboxylic acids is 1. The fraction of sp³-hybridized carbons (Fsp3) is 0.778. The number of anilines is 1. The summed E-state index contributed by atoms with van der Waals surface area (Å²) in [5.74, 6) is 1.39. The van der Waals surface area contributed by atoms with Crippen LogP contribution >= 0.6 is 0 Å². The number of carbonyl (C=O) groups is 1. The summed E-state index contributed by atoms with van der Waals surface area (Å²) in [6, 6.07) is 0.463. The Morgan fingerprint density at radius 3 is 2.83 bits per heavy atom. The van der Waals surface area contributed by atoms with Crippen LogP contribution in [0.4, 0.5) is 10.5 Å². The standard InChI is InChI=1S/C18H29N5O/c1-14(16-4-5-16)23-13-17(10-19-23)20-18(24)22-9-6-15(12-22)11-21-7-2-3-8-21/h10,13-16H,2-9,11-12H2,1H3,(H,20,24)/t14-,15-/m1/s1. The second-order valence-corrected chi connectivity index (χ2v) is 7.83. The van der Waals surface area contributed by atoms with Crippen LogP contribution in [0.2, 0.25) is 0 Å². The molecule has 4 rings (SSSR count). The van der Waals surface area contributed by atoms with Crippen molar-refractivity contribution in [1.82, 2.24) is 19.6 Å². The summed E-state index contributed by atoms with van der Waals surface area (Å²) in [4.78, 5) is 17.0. The van der Waals surface area contributed by atoms with Gasteiger partial charge in [-0.3, -0.25) is 4.68 Å². The molecule has 1 saturated carbocycles. The van der Waals surface area contributed by atoms with E-state index in [1.807, 2.05) is 15.8 Å². The smallest absolute Gasteiger partial charge is 0.321 e. The Hall–Kier alpha value is -1.56. The molecule has 0 bridgehead atoms. The maximum absolute atomic E-state index is 12.5. The third kappa shape index (κ3) is 3.58. The van der Waals surface area contributed by atoms with Crippen molar-refractivity contribution in [2.45, 2.75) is 45.1 Å². The van der Waals surface area contributed by atoms with Crippen molar-refractivity contribution in [3.05, 3.63) is 12.4 Å². The Morgan fingerprint density at radius 1 is 1.29 bits per heavy atom. The second-order valence-electron chi connectivity index (χ2n) is 7.83. The van der Waals surface area contributed by atoms with Crippen LogP contribution in [0.25, 0.3) is 0 Å². The first-order valence-corrected chi connectivity index (χ1v) is 9.51. The minimum atomic E-state index is 0.0255. The molecule has 6 nitrogen and oxygen atoms in total. The van der Waals surface area contributed by atoms with Gasteiger partial charge in [-0.05, 0) is 64.0 Å². The summed E-state index contributed by atoms with van der Waals surface area (Å²) < 4.78 is 1.99. The second kappa shape index (κ2) is 6.75. The number of amides is 2. The van der Waals surface area contributed by atoms with Crippen LogP contribution in [-0.2, 0) is 0 Å². The van der Waals surface area contributed by atoms with Crippen LogP contribution in [-0.4, -0.2) is 58.3 Å². The molecule has 1 N–H and O–H groups in total. The Balaban J connectivity index is 1.27. The monoisotopic (exact) mass is 331 g/mol. The average molecular weight is 331 g/mol. The van der Waals surface area contributed by atoms with Crippen LogP contribution < -0.4 is 5.32 Å². The van der Waals surface area contributed by atoms with Gasteiger partial charge in [0.15, 0.2) is 0 Å². The predicted octanol–water partition coefficient (Wildman–Crippen LogP) is 2.80. The van der Waals surface area contributed by atoms with Crippen LogP contribution in [0.1, 0.15) is 45.1 Å². The van der Waals surface area contributed by atoms with Crippen LogP contribution in [0.5, 0.6) is 0 Å². The third-order valence-electron chi connectivity index (χ3n) is 5.86. The molecular formula is C18H29N5O. The molecule has 2 saturated heterocycles. The molecule has 0 unspecified atom stereocenters. The Kier molecular flexibility index (Phi) is 4.48. The van der Waals surface area contributed by atoms with Gasteiger partial charge in [0.05, 0.1) is 17.9 Å². The lowest BCUT2D eigenvalue weighted by molar-refractivity contribution is 0.217. The highest BCUT2D eigenvalue weighted by Crippen LogP contribution is 2.39. The molecule has 0 aromatic carbocycles. The summed E-state index contributed by atoms with van der Waals surface area (Å²) in [5.41, 5.74) is 0.815. The highest BCUT2D eigenvalue weighted by Gasteiger charge is 2.30. The van der Waals surface area contributed by atoms with Gasteiger partial charge in [0.25, 0.3) is 0 Å². The number of likely N-dealkylation sites (tertiary alicyclic amines) is 2. The predicted molar refractivity (Wildman–Crippen MR) is 94.0 cm³/mol. The van der Waals surface area contributed by atoms with Crippen molar-refractivity contribution in [3.8, 4) is 0 Å². The van der Waals surface area contributed by atoms with Crippen LogP contribution in [0.15, 0.2) is 12.4 Å². The van der Waals surface area contributed by atoms with Gasteiger partial charge < -0.3 is 15.1 Å². The molecule has 24 heavy (non-hydrogen) atoms. The molecule has 1 aliphatic carbocycles. The lowest BCUT2D eigenvalue weighted by atomic mass is 10.1. The van der Waals surface area contributed by atoms with E-state index in [0.717, 1.165) is 37.7 Å². The highest BCUT2D eigenvalue weighted by atomic mass is 16.2. The van der Waals surface area contributed by atoms with Crippen molar-refractivity contribution >= 4 is 11.7 Å². The van der Waals surface area contributed by atoms with Gasteiger partial charge in [0.1, 0.15) is 0 Å². The molecule has 0 spiro atoms. The Bertz CT molecular complexity index is 576. The first-order chi connectivity index (χ1) is 11.7. The molecule has 1 aromatic heterocycles. The summed E-state index contributed by atoms with van der Waals surface area (Å²) in [5, 5.41) is 7.44. The van der Waals surface area contributed by atoms with Gasteiger partial charge in [-0.15, -0.1) is 0 Å². The molecule has 6 heteroatoms. The van der Waals surface area contributed by atoms with Crippen LogP contribution in [0.3, 0.4) is 0 Å². The molecule has 3 heterocycles. The van der Waals surface area contributed by atoms with Gasteiger partial charge in [-0.2, -0.15) is 5.10 Å². The van der Waals surface area contributed by atoms with E-state index < -0.39 is 0 Å². The molecule has 3 aliphatic rings. The van der Waals surface area contributed by atoms with Crippen molar-refractivity contribution in [2.24, 2.45) is 11.8 Å². The van der Waals surface area contributed by atoms with E-state index >= 15 is 0 Å². The van der Waals surface area contributed by atoms with Gasteiger partial charge in [0, 0.05) is 25.8 Å². The maximum Gasteiger partial charge on any atom is 0.321 e. The number of hydrogen-bond donors (Lipinski definition) is 1. The minimum absolute atomic E-state index is 0.0255. The summed E-state index contributed by atoms with van der Waals surface area (Å²) >= 11 is 0. The lowest BCUT2D eigenvalue weighted by Crippen LogP contribution is -2.34. The van der Waals surface area contributed by atoms with E-state index in [-0.39, 0.29) is 6.03 Å². The Labute approximate surface area is 144 Å².